The highest BCUT2D eigenvalue weighted by molar-refractivity contribution is 5.75. The molecule has 1 saturated heterocycles. The quantitative estimate of drug-likeness (QED) is 0.917. The fourth-order valence-electron chi connectivity index (χ4n) is 2.74. The Balaban J connectivity index is 2.14. The summed E-state index contributed by atoms with van der Waals surface area (Å²) in [5.41, 5.74) is 0.368. The molecule has 1 aromatic rings. The molecule has 4 nitrogen and oxygen atoms in total. The minimum absolute atomic E-state index is 0.314. The van der Waals surface area contributed by atoms with E-state index in [9.17, 15) is 14.3 Å². The topological polar surface area (TPSA) is 64.3 Å². The van der Waals surface area contributed by atoms with Gasteiger partial charge < -0.3 is 5.11 Å². The molecule has 2 rings (SSSR count). The molecule has 1 fully saturated rings. The minimum atomic E-state index is -0.762. The summed E-state index contributed by atoms with van der Waals surface area (Å²) in [4.78, 5) is 13.4. The normalized spacial score (nSPS) is 22.6. The molecule has 1 N–H and O–H groups in total. The molecule has 20 heavy (non-hydrogen) atoms. The van der Waals surface area contributed by atoms with Crippen molar-refractivity contribution in [3.8, 4) is 6.07 Å². The Bertz CT molecular complexity index is 567. The lowest BCUT2D eigenvalue weighted by Gasteiger charge is -2.23. The third-order valence-corrected chi connectivity index (χ3v) is 4.15. The van der Waals surface area contributed by atoms with Crippen molar-refractivity contribution >= 4 is 5.97 Å². The predicted octanol–water partition coefficient (Wildman–Crippen LogP) is 2.38. The summed E-state index contributed by atoms with van der Waals surface area (Å²) >= 11 is 0. The molecule has 0 aliphatic carbocycles. The molecule has 5 heteroatoms. The van der Waals surface area contributed by atoms with Crippen LogP contribution in [0.5, 0.6) is 0 Å². The van der Waals surface area contributed by atoms with Crippen molar-refractivity contribution < 1.29 is 14.3 Å². The third-order valence-electron chi connectivity index (χ3n) is 4.15. The van der Waals surface area contributed by atoms with Crippen LogP contribution in [0.3, 0.4) is 0 Å². The summed E-state index contributed by atoms with van der Waals surface area (Å²) in [5.74, 6) is -1.19. The van der Waals surface area contributed by atoms with Gasteiger partial charge in [-0.05, 0) is 37.1 Å². The van der Waals surface area contributed by atoms with Gasteiger partial charge in [-0.15, -0.1) is 0 Å². The van der Waals surface area contributed by atoms with Crippen LogP contribution in [0.4, 0.5) is 4.39 Å². The van der Waals surface area contributed by atoms with Gasteiger partial charge in [-0.3, -0.25) is 9.69 Å². The highest BCUT2D eigenvalue weighted by atomic mass is 19.1. The number of rotatable bonds is 4. The van der Waals surface area contributed by atoms with Gasteiger partial charge in [0.25, 0.3) is 0 Å². The first kappa shape index (κ1) is 14.5. The van der Waals surface area contributed by atoms with Crippen molar-refractivity contribution in [1.29, 1.82) is 5.26 Å². The van der Waals surface area contributed by atoms with Crippen LogP contribution in [-0.2, 0) is 11.3 Å². The molecule has 1 aliphatic heterocycles. The number of carboxylic acid groups (broad SMARTS) is 1. The molecule has 0 spiro atoms. The Hall–Kier alpha value is -1.93. The van der Waals surface area contributed by atoms with Gasteiger partial charge in [0.15, 0.2) is 0 Å². The van der Waals surface area contributed by atoms with Gasteiger partial charge in [0.2, 0.25) is 0 Å². The van der Waals surface area contributed by atoms with Gasteiger partial charge in [-0.2, -0.15) is 5.26 Å². The second kappa shape index (κ2) is 5.59. The number of nitrogens with zero attached hydrogens (tertiary/aromatic N) is 2. The zero-order valence-corrected chi connectivity index (χ0v) is 11.4. The molecule has 0 aromatic heterocycles. The maximum Gasteiger partial charge on any atom is 0.310 e. The maximum absolute atomic E-state index is 13.1. The van der Waals surface area contributed by atoms with E-state index in [0.29, 0.717) is 38.0 Å². The van der Waals surface area contributed by atoms with Gasteiger partial charge in [-0.25, -0.2) is 4.39 Å². The van der Waals surface area contributed by atoms with Crippen molar-refractivity contribution in [3.63, 3.8) is 0 Å². The molecule has 1 aliphatic rings. The summed E-state index contributed by atoms with van der Waals surface area (Å²) in [6.07, 6.45) is 1.20. The van der Waals surface area contributed by atoms with Crippen LogP contribution in [0.15, 0.2) is 18.2 Å². The summed E-state index contributed by atoms with van der Waals surface area (Å²) in [5, 5.41) is 18.4. The second-order valence-electron chi connectivity index (χ2n) is 5.31. The summed E-state index contributed by atoms with van der Waals surface area (Å²) in [6, 6.07) is 6.13. The van der Waals surface area contributed by atoms with Gasteiger partial charge >= 0.3 is 5.97 Å². The molecule has 0 bridgehead atoms. The monoisotopic (exact) mass is 276 g/mol. The van der Waals surface area contributed by atoms with Gasteiger partial charge in [0, 0.05) is 13.1 Å². The number of hydrogen-bond acceptors (Lipinski definition) is 3. The van der Waals surface area contributed by atoms with Gasteiger partial charge in [-0.1, -0.05) is 13.0 Å². The van der Waals surface area contributed by atoms with Crippen LogP contribution >= 0.6 is 0 Å². The zero-order valence-electron chi connectivity index (χ0n) is 11.4. The second-order valence-corrected chi connectivity index (χ2v) is 5.31. The molecule has 0 radical (unpaired) electrons. The number of carbonyl (C=O) groups is 1. The number of nitriles is 1. The summed E-state index contributed by atoms with van der Waals surface area (Å²) in [7, 11) is 0. The van der Waals surface area contributed by atoms with Crippen LogP contribution < -0.4 is 0 Å². The Morgan fingerprint density at radius 1 is 1.60 bits per heavy atom. The lowest BCUT2D eigenvalue weighted by molar-refractivity contribution is -0.148. The first-order valence-corrected chi connectivity index (χ1v) is 6.65. The van der Waals surface area contributed by atoms with E-state index in [4.69, 9.17) is 5.26 Å². The molecule has 0 amide bonds. The van der Waals surface area contributed by atoms with E-state index < -0.39 is 17.2 Å². The minimum Gasteiger partial charge on any atom is -0.481 e. The van der Waals surface area contributed by atoms with E-state index in [0.717, 1.165) is 5.56 Å². The lowest BCUT2D eigenvalue weighted by Crippen LogP contribution is -2.34. The predicted molar refractivity (Wildman–Crippen MR) is 71.4 cm³/mol. The Morgan fingerprint density at radius 2 is 2.35 bits per heavy atom. The SMILES string of the molecule is CCC1(C(=O)O)CCN(Cc2ccc(F)cc2C#N)C1. The number of likely N-dealkylation sites (tertiary alicyclic amines) is 1. The van der Waals surface area contributed by atoms with E-state index in [1.54, 1.807) is 6.07 Å². The molecule has 1 heterocycles. The molecular weight excluding hydrogens is 259 g/mol. The first-order chi connectivity index (χ1) is 9.50. The van der Waals surface area contributed by atoms with E-state index >= 15 is 0 Å². The van der Waals surface area contributed by atoms with Crippen molar-refractivity contribution in [2.75, 3.05) is 13.1 Å². The van der Waals surface area contributed by atoms with Crippen molar-refractivity contribution in [1.82, 2.24) is 4.90 Å². The smallest absolute Gasteiger partial charge is 0.310 e. The van der Waals surface area contributed by atoms with Gasteiger partial charge in [0.1, 0.15) is 5.82 Å². The van der Waals surface area contributed by atoms with Crippen LogP contribution in [0.2, 0.25) is 0 Å². The van der Waals surface area contributed by atoms with Crippen LogP contribution in [0.1, 0.15) is 30.9 Å². The zero-order chi connectivity index (χ0) is 14.8. The highest BCUT2D eigenvalue weighted by Crippen LogP contribution is 2.35. The average Bonchev–Trinajstić information content (AvgIpc) is 2.85. The summed E-state index contributed by atoms with van der Waals surface area (Å²) in [6.45, 7) is 3.53. The fraction of sp³-hybridized carbons (Fsp3) is 0.467. The van der Waals surface area contributed by atoms with E-state index in [-0.39, 0.29) is 0 Å². The first-order valence-electron chi connectivity index (χ1n) is 6.65. The van der Waals surface area contributed by atoms with E-state index in [1.807, 2.05) is 17.9 Å². The van der Waals surface area contributed by atoms with Gasteiger partial charge in [0.05, 0.1) is 17.0 Å². The number of benzene rings is 1. The molecule has 1 unspecified atom stereocenters. The largest absolute Gasteiger partial charge is 0.481 e. The van der Waals surface area contributed by atoms with Crippen LogP contribution in [0, 0.1) is 22.6 Å². The number of aliphatic carboxylic acids is 1. The number of halogens is 1. The Labute approximate surface area is 117 Å². The van der Waals surface area contributed by atoms with Crippen molar-refractivity contribution in [2.45, 2.75) is 26.3 Å². The van der Waals surface area contributed by atoms with Crippen molar-refractivity contribution in [3.05, 3.63) is 35.1 Å². The van der Waals surface area contributed by atoms with E-state index in [1.165, 1.54) is 12.1 Å². The Kier molecular flexibility index (Phi) is 4.05. The molecule has 1 aromatic carbocycles. The molecule has 1 atom stereocenters. The standard InChI is InChI=1S/C15H17FN2O2/c1-2-15(14(19)20)5-6-18(10-15)9-11-3-4-13(16)7-12(11)8-17/h3-4,7H,2,5-6,9-10H2,1H3,(H,19,20). The number of carboxylic acids is 1. The fourth-order valence-corrected chi connectivity index (χ4v) is 2.74. The maximum atomic E-state index is 13.1. The average molecular weight is 276 g/mol. The Morgan fingerprint density at radius 3 is 2.90 bits per heavy atom. The highest BCUT2D eigenvalue weighted by Gasteiger charge is 2.43. The molecule has 106 valence electrons. The van der Waals surface area contributed by atoms with Crippen molar-refractivity contribution in [2.24, 2.45) is 5.41 Å². The summed E-state index contributed by atoms with van der Waals surface area (Å²) < 4.78 is 13.1. The molecule has 0 saturated carbocycles. The van der Waals surface area contributed by atoms with Crippen LogP contribution in [-0.4, -0.2) is 29.1 Å². The molecular formula is C15H17FN2O2. The lowest BCUT2D eigenvalue weighted by atomic mass is 9.84. The van der Waals surface area contributed by atoms with E-state index in [2.05, 4.69) is 0 Å². The number of hydrogen-bond donors (Lipinski definition) is 1. The third kappa shape index (κ3) is 2.66. The van der Waals surface area contributed by atoms with Crippen LogP contribution in [0.25, 0.3) is 0 Å².